The van der Waals surface area contributed by atoms with E-state index in [1.54, 1.807) is 12.1 Å². The second-order valence-corrected chi connectivity index (χ2v) is 5.24. The Bertz CT molecular complexity index is 684. The standard InChI is InChI=1S/C15H10Cl2F2O/c1-8-4-14(19)10(7-13(8)18)15(20)6-9-2-3-11(16)12(17)5-9/h2-5,7H,6H2,1H3. The molecule has 0 spiro atoms. The highest BCUT2D eigenvalue weighted by Crippen LogP contribution is 2.24. The van der Waals surface area contributed by atoms with E-state index in [2.05, 4.69) is 0 Å². The molecule has 2 rings (SSSR count). The topological polar surface area (TPSA) is 17.1 Å². The number of carbonyl (C=O) groups is 1. The molecule has 0 saturated heterocycles. The summed E-state index contributed by atoms with van der Waals surface area (Å²) < 4.78 is 27.1. The van der Waals surface area contributed by atoms with Gasteiger partial charge in [0, 0.05) is 6.42 Å². The minimum absolute atomic E-state index is 0.0731. The molecule has 0 atom stereocenters. The fourth-order valence-corrected chi connectivity index (χ4v) is 2.11. The van der Waals surface area contributed by atoms with E-state index in [-0.39, 0.29) is 17.5 Å². The number of ketones is 1. The first-order chi connectivity index (χ1) is 9.38. The lowest BCUT2D eigenvalue weighted by molar-refractivity contribution is 0.0988. The van der Waals surface area contributed by atoms with Gasteiger partial charge in [-0.3, -0.25) is 4.79 Å². The van der Waals surface area contributed by atoms with Gasteiger partial charge in [0.1, 0.15) is 11.6 Å². The second kappa shape index (κ2) is 5.90. The predicted octanol–water partition coefficient (Wildman–Crippen LogP) is 5.01. The van der Waals surface area contributed by atoms with Crippen molar-refractivity contribution in [2.75, 3.05) is 0 Å². The van der Waals surface area contributed by atoms with Gasteiger partial charge in [0.2, 0.25) is 0 Å². The average molecular weight is 315 g/mol. The van der Waals surface area contributed by atoms with E-state index >= 15 is 0 Å². The Hall–Kier alpha value is -1.45. The largest absolute Gasteiger partial charge is 0.294 e. The molecule has 0 aliphatic rings. The molecule has 0 amide bonds. The van der Waals surface area contributed by atoms with Crippen LogP contribution in [0.3, 0.4) is 0 Å². The lowest BCUT2D eigenvalue weighted by Gasteiger charge is -2.06. The molecule has 0 heterocycles. The Labute approximate surface area is 125 Å². The number of hydrogen-bond donors (Lipinski definition) is 0. The van der Waals surface area contributed by atoms with Crippen LogP contribution in [0.15, 0.2) is 30.3 Å². The minimum Gasteiger partial charge on any atom is -0.294 e. The van der Waals surface area contributed by atoms with Crippen LogP contribution in [0.25, 0.3) is 0 Å². The fraction of sp³-hybridized carbons (Fsp3) is 0.133. The highest BCUT2D eigenvalue weighted by Gasteiger charge is 2.15. The molecular formula is C15H10Cl2F2O. The van der Waals surface area contributed by atoms with Crippen molar-refractivity contribution in [2.45, 2.75) is 13.3 Å². The van der Waals surface area contributed by atoms with Gasteiger partial charge in [0.15, 0.2) is 5.78 Å². The van der Waals surface area contributed by atoms with Gasteiger partial charge in [-0.2, -0.15) is 0 Å². The molecular weight excluding hydrogens is 305 g/mol. The summed E-state index contributed by atoms with van der Waals surface area (Å²) in [7, 11) is 0. The molecule has 0 aliphatic heterocycles. The molecule has 1 nitrogen and oxygen atoms in total. The summed E-state index contributed by atoms with van der Waals surface area (Å²) in [5.74, 6) is -1.85. The molecule has 0 aliphatic carbocycles. The summed E-state index contributed by atoms with van der Waals surface area (Å²) in [4.78, 5) is 12.0. The SMILES string of the molecule is Cc1cc(F)c(C(=O)Cc2ccc(Cl)c(Cl)c2)cc1F. The fourth-order valence-electron chi connectivity index (χ4n) is 1.79. The first kappa shape index (κ1) is 14.9. The smallest absolute Gasteiger partial charge is 0.170 e. The van der Waals surface area contributed by atoms with Crippen LogP contribution in [0.5, 0.6) is 0 Å². The normalized spacial score (nSPS) is 10.7. The van der Waals surface area contributed by atoms with Gasteiger partial charge in [-0.05, 0) is 42.3 Å². The van der Waals surface area contributed by atoms with E-state index in [0.29, 0.717) is 15.6 Å². The summed E-state index contributed by atoms with van der Waals surface area (Å²) in [6.45, 7) is 1.44. The Morgan fingerprint density at radius 1 is 1.05 bits per heavy atom. The lowest BCUT2D eigenvalue weighted by atomic mass is 10.0. The van der Waals surface area contributed by atoms with Crippen LogP contribution in [-0.4, -0.2) is 5.78 Å². The zero-order valence-electron chi connectivity index (χ0n) is 10.5. The van der Waals surface area contributed by atoms with E-state index in [0.717, 1.165) is 12.1 Å². The van der Waals surface area contributed by atoms with Crippen molar-refractivity contribution in [1.82, 2.24) is 0 Å². The number of halogens is 4. The highest BCUT2D eigenvalue weighted by atomic mass is 35.5. The third-order valence-corrected chi connectivity index (χ3v) is 3.64. The van der Waals surface area contributed by atoms with E-state index in [1.807, 2.05) is 0 Å². The van der Waals surface area contributed by atoms with Crippen molar-refractivity contribution in [3.8, 4) is 0 Å². The van der Waals surface area contributed by atoms with Gasteiger partial charge in [0.05, 0.1) is 15.6 Å². The number of carbonyl (C=O) groups excluding carboxylic acids is 1. The average Bonchev–Trinajstić information content (AvgIpc) is 2.38. The highest BCUT2D eigenvalue weighted by molar-refractivity contribution is 6.42. The van der Waals surface area contributed by atoms with Crippen LogP contribution in [0.1, 0.15) is 21.5 Å². The zero-order chi connectivity index (χ0) is 14.9. The van der Waals surface area contributed by atoms with Gasteiger partial charge in [-0.15, -0.1) is 0 Å². The van der Waals surface area contributed by atoms with Crippen LogP contribution >= 0.6 is 23.2 Å². The molecule has 0 radical (unpaired) electrons. The summed E-state index contributed by atoms with van der Waals surface area (Å²) in [6, 6.07) is 6.64. The van der Waals surface area contributed by atoms with E-state index in [9.17, 15) is 13.6 Å². The minimum atomic E-state index is -0.728. The Balaban J connectivity index is 2.28. The van der Waals surface area contributed by atoms with Crippen LogP contribution in [0.2, 0.25) is 10.0 Å². The second-order valence-electron chi connectivity index (χ2n) is 4.43. The molecule has 0 aromatic heterocycles. The maximum Gasteiger partial charge on any atom is 0.170 e. The molecule has 5 heteroatoms. The summed E-state index contributed by atoms with van der Waals surface area (Å²) in [5, 5.41) is 0.683. The number of benzene rings is 2. The van der Waals surface area contributed by atoms with Crippen LogP contribution in [0.4, 0.5) is 8.78 Å². The quantitative estimate of drug-likeness (QED) is 0.728. The van der Waals surface area contributed by atoms with Gasteiger partial charge < -0.3 is 0 Å². The lowest BCUT2D eigenvalue weighted by Crippen LogP contribution is -2.07. The predicted molar refractivity (Wildman–Crippen MR) is 75.6 cm³/mol. The van der Waals surface area contributed by atoms with E-state index in [4.69, 9.17) is 23.2 Å². The molecule has 0 N–H and O–H groups in total. The molecule has 2 aromatic carbocycles. The van der Waals surface area contributed by atoms with Gasteiger partial charge in [-0.1, -0.05) is 29.3 Å². The number of aryl methyl sites for hydroxylation is 1. The van der Waals surface area contributed by atoms with E-state index < -0.39 is 17.4 Å². The van der Waals surface area contributed by atoms with Crippen LogP contribution in [0, 0.1) is 18.6 Å². The third-order valence-electron chi connectivity index (χ3n) is 2.90. The Morgan fingerprint density at radius 3 is 2.40 bits per heavy atom. The Kier molecular flexibility index (Phi) is 4.41. The summed E-state index contributed by atoms with van der Waals surface area (Å²) in [5.41, 5.74) is 0.484. The Morgan fingerprint density at radius 2 is 1.75 bits per heavy atom. The first-order valence-electron chi connectivity index (χ1n) is 5.81. The van der Waals surface area contributed by atoms with Gasteiger partial charge in [-0.25, -0.2) is 8.78 Å². The van der Waals surface area contributed by atoms with Crippen molar-refractivity contribution in [3.05, 3.63) is 68.7 Å². The molecule has 2 aromatic rings. The molecule has 0 bridgehead atoms. The van der Waals surface area contributed by atoms with Crippen LogP contribution in [-0.2, 0) is 6.42 Å². The van der Waals surface area contributed by atoms with Crippen LogP contribution < -0.4 is 0 Å². The molecule has 0 fully saturated rings. The molecule has 0 saturated carbocycles. The van der Waals surface area contributed by atoms with Crippen molar-refractivity contribution >= 4 is 29.0 Å². The first-order valence-corrected chi connectivity index (χ1v) is 6.57. The summed E-state index contributed by atoms with van der Waals surface area (Å²) >= 11 is 11.6. The summed E-state index contributed by atoms with van der Waals surface area (Å²) in [6.07, 6.45) is -0.0731. The van der Waals surface area contributed by atoms with Crippen molar-refractivity contribution in [3.63, 3.8) is 0 Å². The van der Waals surface area contributed by atoms with Gasteiger partial charge in [0.25, 0.3) is 0 Å². The maximum absolute atomic E-state index is 13.7. The number of Topliss-reactive ketones (excluding diaryl/α,β-unsaturated/α-hetero) is 1. The number of hydrogen-bond acceptors (Lipinski definition) is 1. The van der Waals surface area contributed by atoms with E-state index in [1.165, 1.54) is 13.0 Å². The van der Waals surface area contributed by atoms with Crippen molar-refractivity contribution < 1.29 is 13.6 Å². The number of rotatable bonds is 3. The third kappa shape index (κ3) is 3.17. The zero-order valence-corrected chi connectivity index (χ0v) is 12.0. The van der Waals surface area contributed by atoms with Crippen molar-refractivity contribution in [1.29, 1.82) is 0 Å². The molecule has 0 unspecified atom stereocenters. The van der Waals surface area contributed by atoms with Gasteiger partial charge >= 0.3 is 0 Å². The molecule has 20 heavy (non-hydrogen) atoms. The van der Waals surface area contributed by atoms with Crippen molar-refractivity contribution in [2.24, 2.45) is 0 Å². The maximum atomic E-state index is 13.7. The molecule has 104 valence electrons. The monoisotopic (exact) mass is 314 g/mol.